The molecule has 0 bridgehead atoms. The quantitative estimate of drug-likeness (QED) is 0.480. The molecule has 0 aliphatic carbocycles. The predicted octanol–water partition coefficient (Wildman–Crippen LogP) is 5.34. The number of fused-ring (bicyclic) bond motifs is 1. The normalized spacial score (nSPS) is 11.6. The van der Waals surface area contributed by atoms with E-state index in [9.17, 15) is 4.21 Å². The lowest BCUT2D eigenvalue weighted by Gasteiger charge is -2.10. The van der Waals surface area contributed by atoms with E-state index in [1.165, 1.54) is 0 Å². The molecule has 0 saturated heterocycles. The Hall–Kier alpha value is -3.19. The summed E-state index contributed by atoms with van der Waals surface area (Å²) in [6, 6.07) is 13.9. The van der Waals surface area contributed by atoms with Crippen molar-refractivity contribution in [2.75, 3.05) is 17.8 Å². The van der Waals surface area contributed by atoms with Gasteiger partial charge in [-0.15, -0.1) is 0 Å². The highest BCUT2D eigenvalue weighted by Crippen LogP contribution is 2.30. The third kappa shape index (κ3) is 4.14. The summed E-state index contributed by atoms with van der Waals surface area (Å²) >= 11 is 0. The van der Waals surface area contributed by atoms with Crippen LogP contribution < -0.4 is 5.32 Å². The maximum Gasteiger partial charge on any atom is 0.227 e. The van der Waals surface area contributed by atoms with E-state index in [4.69, 9.17) is 4.98 Å². The second-order valence-corrected chi connectivity index (χ2v) is 9.92. The van der Waals surface area contributed by atoms with Gasteiger partial charge in [0.25, 0.3) is 0 Å². The first-order valence-corrected chi connectivity index (χ1v) is 11.6. The summed E-state index contributed by atoms with van der Waals surface area (Å²) in [5.41, 5.74) is 6.55. The summed E-state index contributed by atoms with van der Waals surface area (Å²) in [6.45, 7) is 3.96. The maximum atomic E-state index is 12.0. The number of aryl methyl sites for hydroxylation is 2. The van der Waals surface area contributed by atoms with Crippen LogP contribution in [0.1, 0.15) is 11.1 Å². The molecule has 0 atom stereocenters. The number of H-pyrrole nitrogens is 1. The first kappa shape index (κ1) is 19.1. The zero-order valence-electron chi connectivity index (χ0n) is 16.9. The van der Waals surface area contributed by atoms with Crippen molar-refractivity contribution in [1.82, 2.24) is 15.0 Å². The van der Waals surface area contributed by atoms with Crippen molar-refractivity contribution in [3.05, 3.63) is 66.0 Å². The van der Waals surface area contributed by atoms with Crippen LogP contribution in [-0.2, 0) is 9.73 Å². The molecule has 0 unspecified atom stereocenters. The second kappa shape index (κ2) is 7.33. The highest BCUT2D eigenvalue weighted by molar-refractivity contribution is 7.92. The molecule has 7 heteroatoms. The summed E-state index contributed by atoms with van der Waals surface area (Å²) in [5.74, 6) is 0.523. The topological polar surface area (TPSA) is 83.0 Å². The fraction of sp³-hybridized carbons (Fsp3) is 0.182. The summed E-state index contributed by atoms with van der Waals surface area (Å²) in [4.78, 5) is 12.5. The Kier molecular flexibility index (Phi) is 4.84. The molecule has 2 aromatic carbocycles. The van der Waals surface area contributed by atoms with E-state index >= 15 is 0 Å². The van der Waals surface area contributed by atoms with Gasteiger partial charge in [-0.25, -0.2) is 14.2 Å². The Labute approximate surface area is 170 Å². The Morgan fingerprint density at radius 2 is 1.86 bits per heavy atom. The van der Waals surface area contributed by atoms with Crippen molar-refractivity contribution in [2.24, 2.45) is 4.36 Å². The molecule has 148 valence electrons. The lowest BCUT2D eigenvalue weighted by Crippen LogP contribution is -2.00. The van der Waals surface area contributed by atoms with E-state index in [0.717, 1.165) is 44.7 Å². The minimum absolute atomic E-state index is 0.523. The van der Waals surface area contributed by atoms with E-state index in [1.54, 1.807) is 12.5 Å². The van der Waals surface area contributed by atoms with Crippen LogP contribution >= 0.6 is 0 Å². The van der Waals surface area contributed by atoms with E-state index in [-0.39, 0.29) is 0 Å². The van der Waals surface area contributed by atoms with Crippen LogP contribution in [-0.4, -0.2) is 31.7 Å². The SMILES string of the molecule is Cc1cc(Nc2ncc(C)c(-c3c[nH]c4ccccc34)n2)ccc1N=S(C)(C)=O. The minimum atomic E-state index is -2.20. The van der Waals surface area contributed by atoms with Crippen LogP contribution in [0.3, 0.4) is 0 Å². The number of aromatic amines is 1. The Balaban J connectivity index is 1.68. The van der Waals surface area contributed by atoms with E-state index in [2.05, 4.69) is 31.8 Å². The van der Waals surface area contributed by atoms with Crippen LogP contribution in [0, 0.1) is 13.8 Å². The highest BCUT2D eigenvalue weighted by atomic mass is 32.2. The summed E-state index contributed by atoms with van der Waals surface area (Å²) in [6.07, 6.45) is 7.07. The van der Waals surface area contributed by atoms with E-state index < -0.39 is 9.73 Å². The van der Waals surface area contributed by atoms with Gasteiger partial charge in [0, 0.05) is 56.8 Å². The molecule has 0 amide bonds. The Morgan fingerprint density at radius 3 is 2.62 bits per heavy atom. The number of benzene rings is 2. The van der Waals surface area contributed by atoms with Crippen LogP contribution in [0.5, 0.6) is 0 Å². The summed E-state index contributed by atoms with van der Waals surface area (Å²) in [7, 11) is -2.20. The van der Waals surface area contributed by atoms with Crippen molar-refractivity contribution in [2.45, 2.75) is 13.8 Å². The number of anilines is 2. The molecule has 0 aliphatic heterocycles. The third-order valence-electron chi connectivity index (χ3n) is 4.59. The van der Waals surface area contributed by atoms with Gasteiger partial charge >= 0.3 is 0 Å². The van der Waals surface area contributed by atoms with Crippen LogP contribution in [0.2, 0.25) is 0 Å². The van der Waals surface area contributed by atoms with Crippen molar-refractivity contribution in [1.29, 1.82) is 0 Å². The van der Waals surface area contributed by atoms with Crippen molar-refractivity contribution < 1.29 is 4.21 Å². The molecule has 0 aliphatic rings. The van der Waals surface area contributed by atoms with Gasteiger partial charge in [-0.3, -0.25) is 0 Å². The molecule has 0 spiro atoms. The van der Waals surface area contributed by atoms with Crippen LogP contribution in [0.15, 0.2) is 59.2 Å². The van der Waals surface area contributed by atoms with E-state index in [0.29, 0.717) is 5.95 Å². The molecule has 2 heterocycles. The molecule has 29 heavy (non-hydrogen) atoms. The van der Waals surface area contributed by atoms with Gasteiger partial charge in [-0.1, -0.05) is 18.2 Å². The monoisotopic (exact) mass is 405 g/mol. The molecule has 0 radical (unpaired) electrons. The maximum absolute atomic E-state index is 12.0. The number of nitrogens with one attached hydrogen (secondary N) is 2. The second-order valence-electron chi connectivity index (χ2n) is 7.37. The van der Waals surface area contributed by atoms with Crippen molar-refractivity contribution in [3.63, 3.8) is 0 Å². The third-order valence-corrected chi connectivity index (χ3v) is 5.22. The van der Waals surface area contributed by atoms with Gasteiger partial charge in [0.05, 0.1) is 11.4 Å². The Morgan fingerprint density at radius 1 is 1.07 bits per heavy atom. The number of para-hydroxylation sites is 1. The molecule has 4 rings (SSSR count). The average Bonchev–Trinajstić information content (AvgIpc) is 3.09. The van der Waals surface area contributed by atoms with Gasteiger partial charge < -0.3 is 10.3 Å². The zero-order chi connectivity index (χ0) is 20.6. The predicted molar refractivity (Wildman–Crippen MR) is 121 cm³/mol. The lowest BCUT2D eigenvalue weighted by atomic mass is 10.1. The molecule has 2 N–H and O–H groups in total. The molecule has 6 nitrogen and oxygen atoms in total. The summed E-state index contributed by atoms with van der Waals surface area (Å²) in [5, 5.41) is 4.40. The number of hydrogen-bond acceptors (Lipinski definition) is 5. The largest absolute Gasteiger partial charge is 0.360 e. The fourth-order valence-corrected chi connectivity index (χ4v) is 3.92. The van der Waals surface area contributed by atoms with Gasteiger partial charge in [0.2, 0.25) is 5.95 Å². The first-order chi connectivity index (χ1) is 13.8. The molecular weight excluding hydrogens is 382 g/mol. The molecule has 2 aromatic heterocycles. The zero-order valence-corrected chi connectivity index (χ0v) is 17.7. The lowest BCUT2D eigenvalue weighted by molar-refractivity contribution is 0.684. The van der Waals surface area contributed by atoms with Crippen LogP contribution in [0.25, 0.3) is 22.2 Å². The van der Waals surface area contributed by atoms with Gasteiger partial charge in [-0.05, 0) is 49.2 Å². The Bertz CT molecular complexity index is 1320. The molecule has 4 aromatic rings. The van der Waals surface area contributed by atoms with Crippen LogP contribution in [0.4, 0.5) is 17.3 Å². The first-order valence-electron chi connectivity index (χ1n) is 9.25. The van der Waals surface area contributed by atoms with Crippen molar-refractivity contribution >= 4 is 38.0 Å². The number of rotatable bonds is 4. The summed E-state index contributed by atoms with van der Waals surface area (Å²) < 4.78 is 16.2. The molecule has 0 saturated carbocycles. The van der Waals surface area contributed by atoms with E-state index in [1.807, 2.05) is 56.6 Å². The van der Waals surface area contributed by atoms with Gasteiger partial charge in [-0.2, -0.15) is 4.36 Å². The van der Waals surface area contributed by atoms with Crippen molar-refractivity contribution in [3.8, 4) is 11.3 Å². The number of hydrogen-bond donors (Lipinski definition) is 2. The molecular formula is C22H23N5OS. The number of aromatic nitrogens is 3. The number of nitrogens with zero attached hydrogens (tertiary/aromatic N) is 3. The smallest absolute Gasteiger partial charge is 0.227 e. The molecule has 0 fully saturated rings. The van der Waals surface area contributed by atoms with Gasteiger partial charge in [0.15, 0.2) is 0 Å². The average molecular weight is 406 g/mol. The fourth-order valence-electron chi connectivity index (χ4n) is 3.24. The highest BCUT2D eigenvalue weighted by Gasteiger charge is 2.12. The van der Waals surface area contributed by atoms with Gasteiger partial charge in [0.1, 0.15) is 0 Å². The minimum Gasteiger partial charge on any atom is -0.360 e. The standard InChI is InChI=1S/C22H23N5OS/c1-14-11-16(9-10-19(14)27-29(3,4)28)25-22-24-12-15(2)21(26-22)18-13-23-20-8-6-5-7-17(18)20/h5-13,23H,1-4H3,(H,24,25,26).